The number of aryl methyl sites for hydroxylation is 1. The van der Waals surface area contributed by atoms with Crippen LogP contribution in [0.1, 0.15) is 58.3 Å². The van der Waals surface area contributed by atoms with Crippen LogP contribution in [0.15, 0.2) is 60.7 Å². The first kappa shape index (κ1) is 26.4. The van der Waals surface area contributed by atoms with E-state index >= 15 is 0 Å². The average molecular weight is 538 g/mol. The van der Waals surface area contributed by atoms with Gasteiger partial charge in [0.15, 0.2) is 0 Å². The van der Waals surface area contributed by atoms with E-state index in [-0.39, 0.29) is 18.3 Å². The number of halogens is 3. The topological polar surface area (TPSA) is 49.8 Å². The fourth-order valence-electron chi connectivity index (χ4n) is 5.55. The van der Waals surface area contributed by atoms with Crippen molar-refractivity contribution < 1.29 is 23.4 Å². The van der Waals surface area contributed by atoms with Crippen LogP contribution in [0.2, 0.25) is 5.02 Å². The van der Waals surface area contributed by atoms with Gasteiger partial charge in [0.25, 0.3) is 0 Å². The smallest absolute Gasteiger partial charge is 0.335 e. The third-order valence-corrected chi connectivity index (χ3v) is 7.63. The lowest BCUT2D eigenvalue weighted by Crippen LogP contribution is -2.26. The van der Waals surface area contributed by atoms with Gasteiger partial charge in [-0.25, -0.2) is 9.18 Å². The predicted octanol–water partition coefficient (Wildman–Crippen LogP) is 7.29. The maximum atomic E-state index is 13.9. The second kappa shape index (κ2) is 11.7. The molecule has 1 heterocycles. The molecule has 1 N–H and O–H groups in total. The summed E-state index contributed by atoms with van der Waals surface area (Å²) in [6, 6.07) is 17.6. The minimum atomic E-state index is -0.961. The molecule has 3 aromatic carbocycles. The number of hydrogen-bond donors (Lipinski definition) is 1. The lowest BCUT2D eigenvalue weighted by atomic mass is 9.87. The number of allylic oxidation sites excluding steroid dienone is 1. The summed E-state index contributed by atoms with van der Waals surface area (Å²) in [5.41, 5.74) is 5.79. The van der Waals surface area contributed by atoms with Gasteiger partial charge in [-0.1, -0.05) is 35.9 Å². The SMILES string of the molecule is O=C(O)c1ccc2c(c1)CCCC(c1ccc(F)cc1Cl)=C2c1cccc(O[C@@H]2CCN(CCCF)C2)c1. The van der Waals surface area contributed by atoms with Gasteiger partial charge in [-0.2, -0.15) is 0 Å². The standard InChI is InChI=1S/C31H30ClF2NO3/c32-29-18-23(34)9-11-27(29)28-7-2-4-20-16-22(31(36)37)8-10-26(20)30(28)21-5-1-6-24(17-21)38-25-12-15-35(19-25)14-3-13-33/h1,5-6,8-11,16-18,25H,2-4,7,12-15,19H2,(H,36,37)/t25-/m1/s1. The zero-order chi connectivity index (χ0) is 26.6. The third kappa shape index (κ3) is 5.77. The summed E-state index contributed by atoms with van der Waals surface area (Å²) in [4.78, 5) is 13.9. The molecule has 0 unspecified atom stereocenters. The molecule has 0 aromatic heterocycles. The van der Waals surface area contributed by atoms with Crippen LogP contribution in [-0.4, -0.2) is 48.4 Å². The highest BCUT2D eigenvalue weighted by Crippen LogP contribution is 2.42. The van der Waals surface area contributed by atoms with E-state index in [1.165, 1.54) is 12.1 Å². The summed E-state index contributed by atoms with van der Waals surface area (Å²) >= 11 is 6.55. The molecule has 38 heavy (non-hydrogen) atoms. The molecule has 2 aliphatic rings. The van der Waals surface area contributed by atoms with Crippen LogP contribution in [0.4, 0.5) is 8.78 Å². The minimum absolute atomic E-state index is 0.0319. The first-order valence-corrected chi connectivity index (χ1v) is 13.4. The van der Waals surface area contributed by atoms with Crippen molar-refractivity contribution in [2.45, 2.75) is 38.2 Å². The first-order valence-electron chi connectivity index (χ1n) is 13.0. The normalized spacial score (nSPS) is 17.8. The van der Waals surface area contributed by atoms with E-state index < -0.39 is 11.8 Å². The van der Waals surface area contributed by atoms with Crippen LogP contribution in [0.25, 0.3) is 11.1 Å². The number of nitrogens with zero attached hydrogens (tertiary/aromatic N) is 1. The fraction of sp³-hybridized carbons (Fsp3) is 0.323. The maximum absolute atomic E-state index is 13.9. The summed E-state index contributed by atoms with van der Waals surface area (Å²) in [6.07, 6.45) is 3.68. The Morgan fingerprint density at radius 2 is 1.92 bits per heavy atom. The molecule has 1 aliphatic carbocycles. The number of ether oxygens (including phenoxy) is 1. The molecule has 0 saturated carbocycles. The second-order valence-corrected chi connectivity index (χ2v) is 10.3. The lowest BCUT2D eigenvalue weighted by molar-refractivity contribution is 0.0696. The van der Waals surface area contributed by atoms with Crippen molar-refractivity contribution in [3.8, 4) is 5.75 Å². The van der Waals surface area contributed by atoms with Crippen molar-refractivity contribution in [3.63, 3.8) is 0 Å². The van der Waals surface area contributed by atoms with Gasteiger partial charge in [-0.05, 0) is 102 Å². The molecule has 0 amide bonds. The van der Waals surface area contributed by atoms with Crippen LogP contribution in [0, 0.1) is 5.82 Å². The Morgan fingerprint density at radius 3 is 2.71 bits per heavy atom. The fourth-order valence-corrected chi connectivity index (χ4v) is 5.83. The number of carbonyl (C=O) groups is 1. The van der Waals surface area contributed by atoms with Gasteiger partial charge >= 0.3 is 5.97 Å². The molecule has 198 valence electrons. The molecule has 0 radical (unpaired) electrons. The summed E-state index contributed by atoms with van der Waals surface area (Å²) in [7, 11) is 0. The number of hydrogen-bond acceptors (Lipinski definition) is 3. The Bertz CT molecular complexity index is 1370. The summed E-state index contributed by atoms with van der Waals surface area (Å²) in [5.74, 6) is -0.615. The number of benzene rings is 3. The van der Waals surface area contributed by atoms with Gasteiger partial charge in [0.1, 0.15) is 17.7 Å². The highest BCUT2D eigenvalue weighted by atomic mass is 35.5. The van der Waals surface area contributed by atoms with Crippen molar-refractivity contribution in [1.29, 1.82) is 0 Å². The quantitative estimate of drug-likeness (QED) is 0.328. The number of fused-ring (bicyclic) bond motifs is 1. The van der Waals surface area contributed by atoms with Crippen molar-refractivity contribution in [1.82, 2.24) is 4.90 Å². The van der Waals surface area contributed by atoms with Crippen LogP contribution in [-0.2, 0) is 6.42 Å². The van der Waals surface area contributed by atoms with Crippen molar-refractivity contribution >= 4 is 28.7 Å². The molecule has 0 bridgehead atoms. The zero-order valence-corrected chi connectivity index (χ0v) is 21.8. The number of likely N-dealkylation sites (tertiary alicyclic amines) is 1. The molecular formula is C31H30ClF2NO3. The minimum Gasteiger partial charge on any atom is -0.489 e. The van der Waals surface area contributed by atoms with Crippen molar-refractivity contribution in [3.05, 3.63) is 99.3 Å². The highest BCUT2D eigenvalue weighted by molar-refractivity contribution is 6.32. The Morgan fingerprint density at radius 1 is 1.08 bits per heavy atom. The summed E-state index contributed by atoms with van der Waals surface area (Å²) < 4.78 is 32.9. The number of alkyl halides is 1. The summed E-state index contributed by atoms with van der Waals surface area (Å²) in [6.45, 7) is 2.08. The number of aromatic carboxylic acids is 1. The van der Waals surface area contributed by atoms with Gasteiger partial charge in [-0.3, -0.25) is 9.29 Å². The number of rotatable bonds is 8. The van der Waals surface area contributed by atoms with E-state index in [0.717, 1.165) is 78.0 Å². The van der Waals surface area contributed by atoms with Crippen LogP contribution >= 0.6 is 11.6 Å². The van der Waals surface area contributed by atoms with Crippen molar-refractivity contribution in [2.75, 3.05) is 26.3 Å². The molecule has 0 spiro atoms. The molecule has 4 nitrogen and oxygen atoms in total. The Kier molecular flexibility index (Phi) is 8.10. The Hall–Kier alpha value is -3.22. The molecule has 5 rings (SSSR count). The molecule has 1 saturated heterocycles. The largest absolute Gasteiger partial charge is 0.489 e. The van der Waals surface area contributed by atoms with Gasteiger partial charge in [-0.15, -0.1) is 0 Å². The Balaban J connectivity index is 1.57. The van der Waals surface area contributed by atoms with Gasteiger partial charge < -0.3 is 9.84 Å². The Labute approximate surface area is 226 Å². The predicted molar refractivity (Wildman–Crippen MR) is 146 cm³/mol. The maximum Gasteiger partial charge on any atom is 0.335 e. The number of carboxylic acid groups (broad SMARTS) is 1. The van der Waals surface area contributed by atoms with Crippen LogP contribution in [0.5, 0.6) is 5.75 Å². The molecule has 1 fully saturated rings. The third-order valence-electron chi connectivity index (χ3n) is 7.32. The first-order chi connectivity index (χ1) is 18.4. The van der Waals surface area contributed by atoms with E-state index in [2.05, 4.69) is 4.90 Å². The number of carboxylic acids is 1. The average Bonchev–Trinajstić information content (AvgIpc) is 3.25. The van der Waals surface area contributed by atoms with Gasteiger partial charge in [0, 0.05) is 19.6 Å². The van der Waals surface area contributed by atoms with E-state index in [4.69, 9.17) is 16.3 Å². The van der Waals surface area contributed by atoms with E-state index in [0.29, 0.717) is 17.9 Å². The van der Waals surface area contributed by atoms with Crippen LogP contribution < -0.4 is 4.74 Å². The molecule has 3 aromatic rings. The second-order valence-electron chi connectivity index (χ2n) is 9.91. The van der Waals surface area contributed by atoms with E-state index in [1.54, 1.807) is 18.2 Å². The molecule has 1 aliphatic heterocycles. The van der Waals surface area contributed by atoms with Gasteiger partial charge in [0.05, 0.1) is 17.3 Å². The summed E-state index contributed by atoms with van der Waals surface area (Å²) in [5, 5.41) is 9.91. The molecular weight excluding hydrogens is 508 g/mol. The molecule has 7 heteroatoms. The van der Waals surface area contributed by atoms with Gasteiger partial charge in [0.2, 0.25) is 0 Å². The monoisotopic (exact) mass is 537 g/mol. The zero-order valence-electron chi connectivity index (χ0n) is 21.1. The highest BCUT2D eigenvalue weighted by Gasteiger charge is 2.25. The van der Waals surface area contributed by atoms with Crippen LogP contribution in [0.3, 0.4) is 0 Å². The molecule has 1 atom stereocenters. The van der Waals surface area contributed by atoms with Crippen molar-refractivity contribution in [2.24, 2.45) is 0 Å². The van der Waals surface area contributed by atoms with E-state index in [9.17, 15) is 18.7 Å². The lowest BCUT2D eigenvalue weighted by Gasteiger charge is -2.20. The van der Waals surface area contributed by atoms with E-state index in [1.807, 2.05) is 30.3 Å².